The predicted octanol–water partition coefficient (Wildman–Crippen LogP) is 1.56. The molecule has 2 aromatic heterocycles. The first-order valence-electron chi connectivity index (χ1n) is 5.88. The smallest absolute Gasteiger partial charge is 0.258 e. The zero-order chi connectivity index (χ0) is 12.8. The fourth-order valence-electron chi connectivity index (χ4n) is 1.43. The quantitative estimate of drug-likeness (QED) is 0.780. The summed E-state index contributed by atoms with van der Waals surface area (Å²) in [4.78, 5) is 8.18. The van der Waals surface area contributed by atoms with Gasteiger partial charge in [-0.1, -0.05) is 12.1 Å². The van der Waals surface area contributed by atoms with Crippen LogP contribution in [0.3, 0.4) is 0 Å². The Bertz CT molecular complexity index is 472. The molecule has 18 heavy (non-hydrogen) atoms. The van der Waals surface area contributed by atoms with Crippen molar-refractivity contribution in [2.45, 2.75) is 19.4 Å². The third kappa shape index (κ3) is 3.12. The summed E-state index contributed by atoms with van der Waals surface area (Å²) in [7, 11) is 0. The molecule has 6 nitrogen and oxygen atoms in total. The highest BCUT2D eigenvalue weighted by Crippen LogP contribution is 2.17. The molecule has 0 aliphatic carbocycles. The Labute approximate surface area is 105 Å². The number of hydrogen-bond donors (Lipinski definition) is 1. The van der Waals surface area contributed by atoms with Gasteiger partial charge in [-0.3, -0.25) is 4.98 Å². The molecular weight excluding hydrogens is 232 g/mol. The van der Waals surface area contributed by atoms with E-state index in [2.05, 4.69) is 15.1 Å². The molecule has 2 N–H and O–H groups in total. The van der Waals surface area contributed by atoms with Crippen molar-refractivity contribution in [3.05, 3.63) is 30.4 Å². The van der Waals surface area contributed by atoms with Crippen LogP contribution in [0.1, 0.15) is 25.2 Å². The average molecular weight is 248 g/mol. The van der Waals surface area contributed by atoms with Gasteiger partial charge in [0, 0.05) is 24.6 Å². The lowest BCUT2D eigenvalue weighted by molar-refractivity contribution is 0.119. The standard InChI is InChI=1S/C12H16N4O2/c1-2-7-17-8-10(13)11-15-12(18-16-11)9-3-5-14-6-4-9/h3-6,10H,2,7-8,13H2,1H3. The van der Waals surface area contributed by atoms with Crippen molar-refractivity contribution in [3.63, 3.8) is 0 Å². The highest BCUT2D eigenvalue weighted by atomic mass is 16.5. The van der Waals surface area contributed by atoms with E-state index in [1.54, 1.807) is 24.5 Å². The zero-order valence-electron chi connectivity index (χ0n) is 10.2. The molecule has 0 bridgehead atoms. The van der Waals surface area contributed by atoms with E-state index < -0.39 is 0 Å². The SMILES string of the molecule is CCCOCC(N)c1noc(-c2ccncc2)n1. The second-order valence-electron chi connectivity index (χ2n) is 3.88. The third-order valence-electron chi connectivity index (χ3n) is 2.35. The van der Waals surface area contributed by atoms with E-state index in [9.17, 15) is 0 Å². The molecule has 6 heteroatoms. The number of hydrogen-bond acceptors (Lipinski definition) is 6. The van der Waals surface area contributed by atoms with Gasteiger partial charge in [0.2, 0.25) is 0 Å². The van der Waals surface area contributed by atoms with Crippen molar-refractivity contribution >= 4 is 0 Å². The summed E-state index contributed by atoms with van der Waals surface area (Å²) in [6, 6.07) is 3.24. The number of pyridine rings is 1. The van der Waals surface area contributed by atoms with E-state index in [1.165, 1.54) is 0 Å². The Morgan fingerprint density at radius 2 is 2.17 bits per heavy atom. The van der Waals surface area contributed by atoms with Crippen LogP contribution in [0.4, 0.5) is 0 Å². The van der Waals surface area contributed by atoms with Crippen LogP contribution in [0, 0.1) is 0 Å². The average Bonchev–Trinajstić information content (AvgIpc) is 2.89. The Morgan fingerprint density at radius 1 is 1.39 bits per heavy atom. The van der Waals surface area contributed by atoms with Crippen LogP contribution in [0.15, 0.2) is 29.0 Å². The first kappa shape index (κ1) is 12.7. The molecule has 96 valence electrons. The minimum absolute atomic E-state index is 0.365. The molecule has 2 heterocycles. The van der Waals surface area contributed by atoms with Crippen molar-refractivity contribution < 1.29 is 9.26 Å². The van der Waals surface area contributed by atoms with Gasteiger partial charge in [-0.25, -0.2) is 0 Å². The van der Waals surface area contributed by atoms with Crippen LogP contribution >= 0.6 is 0 Å². The third-order valence-corrected chi connectivity index (χ3v) is 2.35. The minimum Gasteiger partial charge on any atom is -0.379 e. The molecule has 2 rings (SSSR count). The highest BCUT2D eigenvalue weighted by molar-refractivity contribution is 5.51. The Hall–Kier alpha value is -1.79. The lowest BCUT2D eigenvalue weighted by Crippen LogP contribution is -2.18. The molecule has 0 radical (unpaired) electrons. The van der Waals surface area contributed by atoms with Crippen molar-refractivity contribution in [2.75, 3.05) is 13.2 Å². The molecular formula is C12H16N4O2. The molecule has 0 spiro atoms. The van der Waals surface area contributed by atoms with Gasteiger partial charge in [-0.05, 0) is 18.6 Å². The second kappa shape index (κ2) is 6.23. The molecule has 1 unspecified atom stereocenters. The molecule has 0 saturated carbocycles. The van der Waals surface area contributed by atoms with Crippen LogP contribution in [-0.4, -0.2) is 28.3 Å². The maximum absolute atomic E-state index is 5.90. The molecule has 0 aromatic carbocycles. The van der Waals surface area contributed by atoms with Crippen molar-refractivity contribution in [2.24, 2.45) is 5.73 Å². The van der Waals surface area contributed by atoms with Crippen LogP contribution in [0.5, 0.6) is 0 Å². The van der Waals surface area contributed by atoms with Gasteiger partial charge in [0.1, 0.15) is 0 Å². The fourth-order valence-corrected chi connectivity index (χ4v) is 1.43. The van der Waals surface area contributed by atoms with Gasteiger partial charge in [0.15, 0.2) is 5.82 Å². The fraction of sp³-hybridized carbons (Fsp3) is 0.417. The summed E-state index contributed by atoms with van der Waals surface area (Å²) < 4.78 is 10.5. The van der Waals surface area contributed by atoms with E-state index >= 15 is 0 Å². The van der Waals surface area contributed by atoms with Gasteiger partial charge in [-0.15, -0.1) is 0 Å². The molecule has 0 aliphatic heterocycles. The van der Waals surface area contributed by atoms with Gasteiger partial charge in [0.05, 0.1) is 12.6 Å². The summed E-state index contributed by atoms with van der Waals surface area (Å²) in [5.74, 6) is 0.899. The number of aromatic nitrogens is 3. The summed E-state index contributed by atoms with van der Waals surface area (Å²) >= 11 is 0. The molecule has 0 fully saturated rings. The van der Waals surface area contributed by atoms with Gasteiger partial charge >= 0.3 is 0 Å². The minimum atomic E-state index is -0.365. The molecule has 0 saturated heterocycles. The maximum Gasteiger partial charge on any atom is 0.258 e. The molecule has 0 amide bonds. The van der Waals surface area contributed by atoms with Gasteiger partial charge in [-0.2, -0.15) is 4.98 Å². The Kier molecular flexibility index (Phi) is 4.38. The summed E-state index contributed by atoms with van der Waals surface area (Å²) in [5.41, 5.74) is 6.73. The lowest BCUT2D eigenvalue weighted by atomic mass is 10.2. The van der Waals surface area contributed by atoms with E-state index in [0.29, 0.717) is 24.9 Å². The van der Waals surface area contributed by atoms with Crippen LogP contribution in [0.25, 0.3) is 11.5 Å². The van der Waals surface area contributed by atoms with Gasteiger partial charge in [0.25, 0.3) is 5.89 Å². The van der Waals surface area contributed by atoms with E-state index in [-0.39, 0.29) is 6.04 Å². The van der Waals surface area contributed by atoms with Crippen LogP contribution in [0.2, 0.25) is 0 Å². The van der Waals surface area contributed by atoms with E-state index in [4.69, 9.17) is 15.0 Å². The normalized spacial score (nSPS) is 12.6. The predicted molar refractivity (Wildman–Crippen MR) is 65.6 cm³/mol. The molecule has 2 aromatic rings. The number of nitrogens with zero attached hydrogens (tertiary/aromatic N) is 3. The summed E-state index contributed by atoms with van der Waals surface area (Å²) in [6.07, 6.45) is 4.30. The second-order valence-corrected chi connectivity index (χ2v) is 3.88. The Balaban J connectivity index is 2.02. The highest BCUT2D eigenvalue weighted by Gasteiger charge is 2.15. The topological polar surface area (TPSA) is 87.1 Å². The van der Waals surface area contributed by atoms with Crippen molar-refractivity contribution in [1.29, 1.82) is 0 Å². The van der Waals surface area contributed by atoms with E-state index in [0.717, 1.165) is 12.0 Å². The maximum atomic E-state index is 5.90. The van der Waals surface area contributed by atoms with Gasteiger partial charge < -0.3 is 15.0 Å². The first-order chi connectivity index (χ1) is 8.81. The molecule has 1 atom stereocenters. The van der Waals surface area contributed by atoms with Crippen LogP contribution < -0.4 is 5.73 Å². The summed E-state index contributed by atoms with van der Waals surface area (Å²) in [6.45, 7) is 3.12. The monoisotopic (exact) mass is 248 g/mol. The van der Waals surface area contributed by atoms with E-state index in [1.807, 2.05) is 6.92 Å². The number of ether oxygens (including phenoxy) is 1. The largest absolute Gasteiger partial charge is 0.379 e. The summed E-state index contributed by atoms with van der Waals surface area (Å²) in [5, 5.41) is 3.86. The molecule has 0 aliphatic rings. The number of nitrogens with two attached hydrogens (primary N) is 1. The van der Waals surface area contributed by atoms with Crippen LogP contribution in [-0.2, 0) is 4.74 Å². The zero-order valence-corrected chi connectivity index (χ0v) is 10.2. The van der Waals surface area contributed by atoms with Crippen molar-refractivity contribution in [1.82, 2.24) is 15.1 Å². The first-order valence-corrected chi connectivity index (χ1v) is 5.88. The number of rotatable bonds is 6. The van der Waals surface area contributed by atoms with Crippen molar-refractivity contribution in [3.8, 4) is 11.5 Å². The lowest BCUT2D eigenvalue weighted by Gasteiger charge is -2.06. The Morgan fingerprint density at radius 3 is 2.89 bits per heavy atom.